The van der Waals surface area contributed by atoms with E-state index in [1.54, 1.807) is 6.33 Å². The first kappa shape index (κ1) is 19.5. The molecule has 0 spiro atoms. The number of anilines is 2. The molecule has 0 N–H and O–H groups in total. The molecule has 0 amide bonds. The van der Waals surface area contributed by atoms with E-state index in [0.717, 1.165) is 38.7 Å². The van der Waals surface area contributed by atoms with Crippen molar-refractivity contribution in [3.05, 3.63) is 66.8 Å². The minimum absolute atomic E-state index is 0.668. The molecule has 3 aromatic rings. The van der Waals surface area contributed by atoms with E-state index in [2.05, 4.69) is 62.6 Å². The quantitative estimate of drug-likeness (QED) is 0.533. The smallest absolute Gasteiger partial charge is 0.230 e. The number of hydrogen-bond donors (Lipinski definition) is 0. The van der Waals surface area contributed by atoms with Crippen molar-refractivity contribution in [2.75, 3.05) is 49.1 Å². The van der Waals surface area contributed by atoms with Crippen LogP contribution in [-0.2, 0) is 6.54 Å². The molecule has 0 radical (unpaired) electrons. The van der Waals surface area contributed by atoms with E-state index < -0.39 is 0 Å². The Morgan fingerprint density at radius 2 is 1.79 bits per heavy atom. The molecule has 1 aliphatic rings. The van der Waals surface area contributed by atoms with Crippen molar-refractivity contribution < 1.29 is 0 Å². The Bertz CT molecular complexity index is 966. The van der Waals surface area contributed by atoms with Gasteiger partial charge in [0.2, 0.25) is 11.9 Å². The Labute approximate surface area is 175 Å². The van der Waals surface area contributed by atoms with Crippen molar-refractivity contribution in [3.63, 3.8) is 0 Å². The van der Waals surface area contributed by atoms with Gasteiger partial charge < -0.3 is 9.80 Å². The fourth-order valence-corrected chi connectivity index (χ4v) is 4.59. The van der Waals surface area contributed by atoms with Crippen LogP contribution < -0.4 is 9.80 Å². The molecular formula is C22H26N6S. The third-order valence-corrected chi connectivity index (χ3v) is 6.15. The minimum Gasteiger partial charge on any atom is -0.338 e. The summed E-state index contributed by atoms with van der Waals surface area (Å²) in [6, 6.07) is 8.65. The lowest BCUT2D eigenvalue weighted by Crippen LogP contribution is -2.46. The van der Waals surface area contributed by atoms with E-state index in [0.29, 0.717) is 19.0 Å². The van der Waals surface area contributed by atoms with Crippen LogP contribution in [0.5, 0.6) is 0 Å². The number of thiophene rings is 1. The van der Waals surface area contributed by atoms with Gasteiger partial charge in [-0.25, -0.2) is 9.97 Å². The topological polar surface area (TPSA) is 48.4 Å². The van der Waals surface area contributed by atoms with Gasteiger partial charge in [-0.05, 0) is 22.4 Å². The summed E-state index contributed by atoms with van der Waals surface area (Å²) in [6.45, 7) is 13.8. The zero-order valence-electron chi connectivity index (χ0n) is 16.6. The lowest BCUT2D eigenvalue weighted by atomic mass is 10.1. The lowest BCUT2D eigenvalue weighted by Gasteiger charge is -2.34. The van der Waals surface area contributed by atoms with Crippen molar-refractivity contribution in [1.29, 1.82) is 0 Å². The third kappa shape index (κ3) is 4.46. The summed E-state index contributed by atoms with van der Waals surface area (Å²) in [5, 5.41) is 3.68. The Kier molecular flexibility index (Phi) is 6.17. The van der Waals surface area contributed by atoms with Crippen LogP contribution in [0, 0.1) is 0 Å². The highest BCUT2D eigenvalue weighted by molar-refractivity contribution is 7.17. The number of rotatable bonds is 8. The van der Waals surface area contributed by atoms with E-state index in [1.165, 1.54) is 15.6 Å². The molecule has 150 valence electrons. The van der Waals surface area contributed by atoms with Gasteiger partial charge >= 0.3 is 0 Å². The summed E-state index contributed by atoms with van der Waals surface area (Å²) in [4.78, 5) is 20.2. The second kappa shape index (κ2) is 9.15. The van der Waals surface area contributed by atoms with E-state index in [1.807, 2.05) is 28.4 Å². The third-order valence-electron chi connectivity index (χ3n) is 5.14. The second-order valence-corrected chi connectivity index (χ2v) is 8.00. The molecule has 7 heteroatoms. The molecular weight excluding hydrogens is 380 g/mol. The molecule has 0 saturated carbocycles. The number of piperazine rings is 1. The highest BCUT2D eigenvalue weighted by Crippen LogP contribution is 2.27. The monoisotopic (exact) mass is 406 g/mol. The molecule has 0 bridgehead atoms. The fraction of sp³-hybridized carbons (Fsp3) is 0.318. The SMILES string of the molecule is C=CCN(CC=C)c1ncnc(N2CCN(Cc3csc4ccccc34)CC2)n1. The highest BCUT2D eigenvalue weighted by Gasteiger charge is 2.21. The summed E-state index contributed by atoms with van der Waals surface area (Å²) in [5.41, 5.74) is 1.42. The number of aromatic nitrogens is 3. The van der Waals surface area contributed by atoms with Crippen LogP contribution in [0.3, 0.4) is 0 Å². The predicted molar refractivity (Wildman–Crippen MR) is 122 cm³/mol. The molecule has 2 aromatic heterocycles. The molecule has 1 fully saturated rings. The molecule has 0 atom stereocenters. The molecule has 1 saturated heterocycles. The molecule has 6 nitrogen and oxygen atoms in total. The summed E-state index contributed by atoms with van der Waals surface area (Å²) >= 11 is 1.83. The van der Waals surface area contributed by atoms with Crippen LogP contribution in [0.4, 0.5) is 11.9 Å². The number of nitrogens with zero attached hydrogens (tertiary/aromatic N) is 6. The normalized spacial score (nSPS) is 14.8. The minimum atomic E-state index is 0.668. The number of fused-ring (bicyclic) bond motifs is 1. The second-order valence-electron chi connectivity index (χ2n) is 7.09. The van der Waals surface area contributed by atoms with Crippen LogP contribution in [0.15, 0.2) is 61.3 Å². The van der Waals surface area contributed by atoms with Crippen molar-refractivity contribution in [3.8, 4) is 0 Å². The first-order chi connectivity index (χ1) is 14.3. The van der Waals surface area contributed by atoms with Gasteiger partial charge in [0.25, 0.3) is 0 Å². The molecule has 29 heavy (non-hydrogen) atoms. The maximum Gasteiger partial charge on any atom is 0.230 e. The molecule has 1 aromatic carbocycles. The van der Waals surface area contributed by atoms with Crippen LogP contribution in [-0.4, -0.2) is 59.1 Å². The van der Waals surface area contributed by atoms with Crippen molar-refractivity contribution in [2.45, 2.75) is 6.54 Å². The van der Waals surface area contributed by atoms with E-state index in [-0.39, 0.29) is 0 Å². The maximum absolute atomic E-state index is 4.69. The lowest BCUT2D eigenvalue weighted by molar-refractivity contribution is 0.249. The summed E-state index contributed by atoms with van der Waals surface area (Å²) in [7, 11) is 0. The Hall–Kier alpha value is -2.77. The first-order valence-corrected chi connectivity index (χ1v) is 10.7. The molecule has 3 heterocycles. The molecule has 1 aliphatic heterocycles. The van der Waals surface area contributed by atoms with E-state index >= 15 is 0 Å². The Morgan fingerprint density at radius 3 is 2.55 bits per heavy atom. The molecule has 4 rings (SSSR count). The van der Waals surface area contributed by atoms with Crippen LogP contribution in [0.2, 0.25) is 0 Å². The van der Waals surface area contributed by atoms with E-state index in [4.69, 9.17) is 4.98 Å². The summed E-state index contributed by atoms with van der Waals surface area (Å²) in [5.74, 6) is 1.41. The Balaban J connectivity index is 1.40. The number of hydrogen-bond acceptors (Lipinski definition) is 7. The van der Waals surface area contributed by atoms with Crippen molar-refractivity contribution in [2.24, 2.45) is 0 Å². The maximum atomic E-state index is 4.69. The molecule has 0 unspecified atom stereocenters. The fourth-order valence-electron chi connectivity index (χ4n) is 3.64. The van der Waals surface area contributed by atoms with Gasteiger partial charge in [0.15, 0.2) is 0 Å². The highest BCUT2D eigenvalue weighted by atomic mass is 32.1. The van der Waals surface area contributed by atoms with Crippen LogP contribution in [0.25, 0.3) is 10.1 Å². The average molecular weight is 407 g/mol. The number of benzene rings is 1. The summed E-state index contributed by atoms with van der Waals surface area (Å²) < 4.78 is 1.36. The summed E-state index contributed by atoms with van der Waals surface area (Å²) in [6.07, 6.45) is 5.29. The molecule has 0 aliphatic carbocycles. The Morgan fingerprint density at radius 1 is 1.03 bits per heavy atom. The van der Waals surface area contributed by atoms with Crippen LogP contribution in [0.1, 0.15) is 5.56 Å². The van der Waals surface area contributed by atoms with E-state index in [9.17, 15) is 0 Å². The predicted octanol–water partition coefficient (Wildman–Crippen LogP) is 3.59. The van der Waals surface area contributed by atoms with Gasteiger partial charge in [0.05, 0.1) is 0 Å². The van der Waals surface area contributed by atoms with Crippen LogP contribution >= 0.6 is 11.3 Å². The average Bonchev–Trinajstić information content (AvgIpc) is 3.17. The van der Waals surface area contributed by atoms with Gasteiger partial charge in [0.1, 0.15) is 6.33 Å². The van der Waals surface area contributed by atoms with Gasteiger partial charge in [-0.15, -0.1) is 24.5 Å². The van der Waals surface area contributed by atoms with Crippen molar-refractivity contribution in [1.82, 2.24) is 19.9 Å². The standard InChI is InChI=1S/C22H26N6S/c1-3-9-27(10-4-2)21-23-17-24-22(25-21)28-13-11-26(12-14-28)15-18-16-29-20-8-6-5-7-19(18)20/h3-8,16-17H,1-2,9-15H2. The van der Waals surface area contributed by atoms with Gasteiger partial charge in [-0.1, -0.05) is 30.4 Å². The van der Waals surface area contributed by atoms with Gasteiger partial charge in [-0.3, -0.25) is 4.90 Å². The zero-order valence-corrected chi connectivity index (χ0v) is 17.4. The van der Waals surface area contributed by atoms with Gasteiger partial charge in [-0.2, -0.15) is 4.98 Å². The zero-order chi connectivity index (χ0) is 20.1. The first-order valence-electron chi connectivity index (χ1n) is 9.86. The van der Waals surface area contributed by atoms with Crippen molar-refractivity contribution >= 4 is 33.3 Å². The van der Waals surface area contributed by atoms with Gasteiger partial charge in [0, 0.05) is 50.5 Å². The largest absolute Gasteiger partial charge is 0.338 e.